The monoisotopic (exact) mass is 295 g/mol. The number of aliphatic carboxylic acids is 1. The second-order valence-corrected chi connectivity index (χ2v) is 4.45. The molecule has 0 aliphatic carbocycles. The molecule has 0 fully saturated rings. The minimum absolute atomic E-state index is 0.142. The van der Waals surface area contributed by atoms with Crippen LogP contribution in [0.25, 0.3) is 0 Å². The molecular weight excluding hydrogens is 278 g/mol. The van der Waals surface area contributed by atoms with Gasteiger partial charge in [-0.25, -0.2) is 4.79 Å². The Balaban J connectivity index is 3.25. The molecule has 1 atom stereocenters. The van der Waals surface area contributed by atoms with Gasteiger partial charge in [-0.2, -0.15) is 0 Å². The molecule has 8 heteroatoms. The van der Waals surface area contributed by atoms with E-state index >= 15 is 0 Å². The predicted octanol–water partition coefficient (Wildman–Crippen LogP) is 1.25. The third-order valence-corrected chi connectivity index (χ3v) is 3.09. The van der Waals surface area contributed by atoms with Crippen LogP contribution in [0.3, 0.4) is 0 Å². The van der Waals surface area contributed by atoms with Gasteiger partial charge in [-0.05, 0) is 26.0 Å². The highest BCUT2D eigenvalue weighted by molar-refractivity contribution is 5.96. The molecule has 0 aliphatic rings. The summed E-state index contributed by atoms with van der Waals surface area (Å²) in [6.07, 6.45) is 0. The maximum atomic E-state index is 11.7. The lowest BCUT2D eigenvalue weighted by molar-refractivity contribution is -0.384. The van der Waals surface area contributed by atoms with Gasteiger partial charge in [0, 0.05) is 25.2 Å². The highest BCUT2D eigenvalue weighted by Gasteiger charge is 2.25. The number of nitro groups is 1. The van der Waals surface area contributed by atoms with Gasteiger partial charge in [-0.15, -0.1) is 0 Å². The average Bonchev–Trinajstić information content (AvgIpc) is 2.45. The molecule has 1 aromatic carbocycles. The summed E-state index contributed by atoms with van der Waals surface area (Å²) >= 11 is 0. The topological polar surface area (TPSA) is 113 Å². The van der Waals surface area contributed by atoms with Crippen molar-refractivity contribution >= 4 is 23.3 Å². The van der Waals surface area contributed by atoms with Gasteiger partial charge in [0.2, 0.25) is 0 Å². The molecule has 0 radical (unpaired) electrons. The number of carboxylic acid groups (broad SMARTS) is 1. The van der Waals surface area contributed by atoms with E-state index in [1.165, 1.54) is 31.0 Å². The van der Waals surface area contributed by atoms with Crippen LogP contribution >= 0.6 is 0 Å². The molecule has 1 rings (SSSR count). The summed E-state index contributed by atoms with van der Waals surface area (Å²) in [5.41, 5.74) is -0.0130. The second-order valence-electron chi connectivity index (χ2n) is 4.45. The Morgan fingerprint density at radius 1 is 1.48 bits per heavy atom. The molecule has 0 bridgehead atoms. The number of benzene rings is 1. The van der Waals surface area contributed by atoms with Crippen molar-refractivity contribution in [3.05, 3.63) is 33.9 Å². The molecule has 0 saturated carbocycles. The molecule has 1 amide bonds. The number of hydrogen-bond acceptors (Lipinski definition) is 5. The molecule has 8 nitrogen and oxygen atoms in total. The Labute approximate surface area is 121 Å². The molecule has 2 N–H and O–H groups in total. The van der Waals surface area contributed by atoms with Crippen LogP contribution in [0.4, 0.5) is 11.4 Å². The minimum Gasteiger partial charge on any atom is -0.480 e. The first-order valence-corrected chi connectivity index (χ1v) is 6.31. The summed E-state index contributed by atoms with van der Waals surface area (Å²) in [5, 5.41) is 22.7. The zero-order chi connectivity index (χ0) is 16.2. The number of carboxylic acids is 1. The Hall–Kier alpha value is -2.64. The average molecular weight is 295 g/mol. The number of nitrogens with zero attached hydrogens (tertiary/aromatic N) is 2. The Morgan fingerprint density at radius 3 is 2.57 bits per heavy atom. The summed E-state index contributed by atoms with van der Waals surface area (Å²) < 4.78 is 0. The first-order valence-electron chi connectivity index (χ1n) is 6.31. The van der Waals surface area contributed by atoms with Crippen LogP contribution in [-0.4, -0.2) is 41.5 Å². The molecular formula is C13H17N3O5. The molecule has 114 valence electrons. The lowest BCUT2D eigenvalue weighted by atomic mass is 10.1. The van der Waals surface area contributed by atoms with E-state index in [1.54, 1.807) is 6.92 Å². The lowest BCUT2D eigenvalue weighted by Gasteiger charge is -2.23. The van der Waals surface area contributed by atoms with Crippen molar-refractivity contribution in [2.24, 2.45) is 0 Å². The SMILES string of the molecule is CCNC(=O)c1ccc(N(C)C(C)C(=O)O)c([N+](=O)[O-])c1. The smallest absolute Gasteiger partial charge is 0.326 e. The first kappa shape index (κ1) is 16.4. The lowest BCUT2D eigenvalue weighted by Crippen LogP contribution is -2.36. The number of rotatable bonds is 6. The molecule has 1 unspecified atom stereocenters. The molecule has 0 aliphatic heterocycles. The van der Waals surface area contributed by atoms with Crippen LogP contribution < -0.4 is 10.2 Å². The largest absolute Gasteiger partial charge is 0.480 e. The van der Waals surface area contributed by atoms with Gasteiger partial charge in [-0.1, -0.05) is 0 Å². The number of anilines is 1. The fourth-order valence-corrected chi connectivity index (χ4v) is 1.75. The first-order chi connectivity index (χ1) is 9.79. The van der Waals surface area contributed by atoms with E-state index < -0.39 is 22.8 Å². The van der Waals surface area contributed by atoms with Crippen LogP contribution in [0.2, 0.25) is 0 Å². The Bertz CT molecular complexity index is 573. The summed E-state index contributed by atoms with van der Waals surface area (Å²) in [5.74, 6) is -1.51. The van der Waals surface area contributed by atoms with E-state index in [4.69, 9.17) is 5.11 Å². The maximum Gasteiger partial charge on any atom is 0.326 e. The van der Waals surface area contributed by atoms with E-state index in [1.807, 2.05) is 0 Å². The summed E-state index contributed by atoms with van der Waals surface area (Å²) in [6, 6.07) is 3.02. The number of carbonyl (C=O) groups is 2. The quantitative estimate of drug-likeness (QED) is 0.603. The van der Waals surface area contributed by atoms with Crippen LogP contribution in [-0.2, 0) is 4.79 Å². The fourth-order valence-electron chi connectivity index (χ4n) is 1.75. The summed E-state index contributed by atoms with van der Waals surface area (Å²) in [4.78, 5) is 34.5. The van der Waals surface area contributed by atoms with Crippen LogP contribution in [0, 0.1) is 10.1 Å². The van der Waals surface area contributed by atoms with Crippen molar-refractivity contribution in [3.8, 4) is 0 Å². The fraction of sp³-hybridized carbons (Fsp3) is 0.385. The molecule has 0 saturated heterocycles. The van der Waals surface area contributed by atoms with Crippen LogP contribution in [0.15, 0.2) is 18.2 Å². The van der Waals surface area contributed by atoms with E-state index in [9.17, 15) is 19.7 Å². The van der Waals surface area contributed by atoms with Crippen molar-refractivity contribution in [3.63, 3.8) is 0 Å². The second kappa shape index (κ2) is 6.69. The van der Waals surface area contributed by atoms with Crippen molar-refractivity contribution < 1.29 is 19.6 Å². The van der Waals surface area contributed by atoms with E-state index in [0.717, 1.165) is 6.07 Å². The molecule has 21 heavy (non-hydrogen) atoms. The normalized spacial score (nSPS) is 11.6. The van der Waals surface area contributed by atoms with Gasteiger partial charge in [0.25, 0.3) is 11.6 Å². The number of carbonyl (C=O) groups excluding carboxylic acids is 1. The van der Waals surface area contributed by atoms with E-state index in [-0.39, 0.29) is 16.9 Å². The zero-order valence-corrected chi connectivity index (χ0v) is 12.0. The van der Waals surface area contributed by atoms with Gasteiger partial charge in [0.05, 0.1) is 4.92 Å². The Morgan fingerprint density at radius 2 is 2.10 bits per heavy atom. The third-order valence-electron chi connectivity index (χ3n) is 3.09. The molecule has 0 aromatic heterocycles. The standard InChI is InChI=1S/C13H17N3O5/c1-4-14-12(17)9-5-6-10(11(7-9)16(20)21)15(3)8(2)13(18)19/h5-8H,4H2,1-3H3,(H,14,17)(H,18,19). The Kier molecular flexibility index (Phi) is 5.23. The van der Waals surface area contributed by atoms with Gasteiger partial charge in [0.15, 0.2) is 0 Å². The molecule has 0 spiro atoms. The predicted molar refractivity (Wildman–Crippen MR) is 76.6 cm³/mol. The van der Waals surface area contributed by atoms with Crippen molar-refractivity contribution in [2.75, 3.05) is 18.5 Å². The number of nitro benzene ring substituents is 1. The highest BCUT2D eigenvalue weighted by atomic mass is 16.6. The third kappa shape index (κ3) is 3.68. The molecule has 1 aromatic rings. The summed E-state index contributed by atoms with van der Waals surface area (Å²) in [6.45, 7) is 3.57. The van der Waals surface area contributed by atoms with Crippen molar-refractivity contribution in [1.82, 2.24) is 5.32 Å². The minimum atomic E-state index is -1.10. The highest BCUT2D eigenvalue weighted by Crippen LogP contribution is 2.29. The van der Waals surface area contributed by atoms with Crippen LogP contribution in [0.5, 0.6) is 0 Å². The van der Waals surface area contributed by atoms with Gasteiger partial charge in [0.1, 0.15) is 11.7 Å². The van der Waals surface area contributed by atoms with E-state index in [2.05, 4.69) is 5.32 Å². The number of hydrogen-bond donors (Lipinski definition) is 2. The maximum absolute atomic E-state index is 11.7. The number of amides is 1. The van der Waals surface area contributed by atoms with Crippen molar-refractivity contribution in [1.29, 1.82) is 0 Å². The number of likely N-dealkylation sites (N-methyl/N-ethyl adjacent to an activating group) is 1. The van der Waals surface area contributed by atoms with E-state index in [0.29, 0.717) is 6.54 Å². The van der Waals surface area contributed by atoms with Crippen molar-refractivity contribution in [2.45, 2.75) is 19.9 Å². The van der Waals surface area contributed by atoms with Crippen LogP contribution in [0.1, 0.15) is 24.2 Å². The van der Waals surface area contributed by atoms with Gasteiger partial charge in [-0.3, -0.25) is 14.9 Å². The molecule has 0 heterocycles. The van der Waals surface area contributed by atoms with Gasteiger partial charge < -0.3 is 15.3 Å². The number of nitrogens with one attached hydrogen (secondary N) is 1. The summed E-state index contributed by atoms with van der Waals surface area (Å²) in [7, 11) is 1.45. The van der Waals surface area contributed by atoms with Gasteiger partial charge >= 0.3 is 5.97 Å². The zero-order valence-electron chi connectivity index (χ0n) is 12.0.